The third-order valence-corrected chi connectivity index (χ3v) is 5.79. The molecular formula is C23H24N4O2S. The number of nitrogens with zero attached hydrogens (tertiary/aromatic N) is 3. The van der Waals surface area contributed by atoms with Crippen LogP contribution in [0.25, 0.3) is 21.6 Å². The van der Waals surface area contributed by atoms with Crippen molar-refractivity contribution in [3.8, 4) is 10.7 Å². The van der Waals surface area contributed by atoms with Crippen LogP contribution < -0.4 is 10.2 Å². The topological polar surface area (TPSA) is 59.4 Å². The second-order valence-corrected chi connectivity index (χ2v) is 8.02. The normalized spacial score (nSPS) is 11.0. The van der Waals surface area contributed by atoms with Crippen LogP contribution in [0.4, 0.5) is 11.4 Å². The fraction of sp³-hybridized carbons (Fsp3) is 0.217. The number of aromatic nitrogens is 2. The molecule has 6 nitrogen and oxygen atoms in total. The van der Waals surface area contributed by atoms with Gasteiger partial charge in [0.25, 0.3) is 5.91 Å². The Morgan fingerprint density at radius 2 is 1.93 bits per heavy atom. The van der Waals surface area contributed by atoms with E-state index in [1.807, 2.05) is 55.4 Å². The highest BCUT2D eigenvalue weighted by molar-refractivity contribution is 7.13. The summed E-state index contributed by atoms with van der Waals surface area (Å²) in [6.07, 6.45) is 0. The van der Waals surface area contributed by atoms with Crippen molar-refractivity contribution in [2.45, 2.75) is 6.54 Å². The molecule has 0 aliphatic carbocycles. The molecule has 0 saturated heterocycles. The first-order chi connectivity index (χ1) is 14.6. The third-order valence-electron chi connectivity index (χ3n) is 4.93. The Balaban J connectivity index is 1.58. The summed E-state index contributed by atoms with van der Waals surface area (Å²) in [4.78, 5) is 19.3. The Labute approximate surface area is 179 Å². The van der Waals surface area contributed by atoms with Crippen LogP contribution in [0.5, 0.6) is 0 Å². The van der Waals surface area contributed by atoms with Gasteiger partial charge >= 0.3 is 0 Å². The molecule has 154 valence electrons. The van der Waals surface area contributed by atoms with Crippen LogP contribution in [0.3, 0.4) is 0 Å². The second-order valence-electron chi connectivity index (χ2n) is 7.17. The molecule has 2 aromatic carbocycles. The molecule has 0 bridgehead atoms. The maximum absolute atomic E-state index is 12.7. The molecule has 30 heavy (non-hydrogen) atoms. The van der Waals surface area contributed by atoms with Gasteiger partial charge in [-0.15, -0.1) is 11.3 Å². The largest absolute Gasteiger partial charge is 0.383 e. The molecule has 1 N–H and O–H groups in total. The predicted molar refractivity (Wildman–Crippen MR) is 124 cm³/mol. The fourth-order valence-electron chi connectivity index (χ4n) is 3.34. The molecule has 7 heteroatoms. The van der Waals surface area contributed by atoms with E-state index in [1.54, 1.807) is 12.5 Å². The van der Waals surface area contributed by atoms with Gasteiger partial charge in [0.05, 0.1) is 12.3 Å². The van der Waals surface area contributed by atoms with Crippen molar-refractivity contribution in [1.82, 2.24) is 9.55 Å². The quantitative estimate of drug-likeness (QED) is 0.470. The molecule has 4 rings (SSSR count). The van der Waals surface area contributed by atoms with Gasteiger partial charge in [-0.2, -0.15) is 0 Å². The van der Waals surface area contributed by atoms with Crippen LogP contribution in [-0.2, 0) is 11.3 Å². The van der Waals surface area contributed by atoms with Gasteiger partial charge < -0.3 is 19.5 Å². The number of ether oxygens (including phenoxy) is 1. The van der Waals surface area contributed by atoms with Crippen LogP contribution in [0.15, 0.2) is 60.0 Å². The Bertz CT molecular complexity index is 1160. The molecule has 0 aliphatic heterocycles. The van der Waals surface area contributed by atoms with Crippen molar-refractivity contribution >= 4 is 39.5 Å². The maximum atomic E-state index is 12.7. The highest BCUT2D eigenvalue weighted by Gasteiger charge is 2.17. The third kappa shape index (κ3) is 4.08. The van der Waals surface area contributed by atoms with Crippen molar-refractivity contribution < 1.29 is 9.53 Å². The van der Waals surface area contributed by atoms with Crippen molar-refractivity contribution in [2.75, 3.05) is 38.0 Å². The molecule has 4 aromatic rings. The molecule has 0 unspecified atom stereocenters. The van der Waals surface area contributed by atoms with Gasteiger partial charge in [-0.1, -0.05) is 18.2 Å². The number of carbonyl (C=O) groups excluding carboxylic acids is 1. The van der Waals surface area contributed by atoms with Gasteiger partial charge in [0.1, 0.15) is 10.7 Å². The van der Waals surface area contributed by atoms with Crippen molar-refractivity contribution in [2.24, 2.45) is 0 Å². The van der Waals surface area contributed by atoms with Gasteiger partial charge in [-0.3, -0.25) is 4.79 Å². The number of thiazole rings is 1. The summed E-state index contributed by atoms with van der Waals surface area (Å²) in [5.74, 6) is -0.213. The minimum atomic E-state index is -0.213. The van der Waals surface area contributed by atoms with Crippen molar-refractivity contribution in [3.63, 3.8) is 0 Å². The van der Waals surface area contributed by atoms with E-state index in [4.69, 9.17) is 4.74 Å². The summed E-state index contributed by atoms with van der Waals surface area (Å²) >= 11 is 1.47. The van der Waals surface area contributed by atoms with E-state index < -0.39 is 0 Å². The van der Waals surface area contributed by atoms with Crippen molar-refractivity contribution in [1.29, 1.82) is 0 Å². The summed E-state index contributed by atoms with van der Waals surface area (Å²) in [6, 6.07) is 18.1. The van der Waals surface area contributed by atoms with E-state index in [1.165, 1.54) is 11.3 Å². The number of rotatable bonds is 7. The van der Waals surface area contributed by atoms with Crippen molar-refractivity contribution in [3.05, 3.63) is 65.7 Å². The van der Waals surface area contributed by atoms with E-state index in [0.717, 1.165) is 39.5 Å². The number of benzene rings is 2. The average molecular weight is 421 g/mol. The second kappa shape index (κ2) is 8.69. The SMILES string of the molecule is COCCn1c(-c2nc(C(=O)Nc3ccc(N(C)C)cc3)cs2)cc2ccccc21. The summed E-state index contributed by atoms with van der Waals surface area (Å²) in [5.41, 5.74) is 4.36. The number of para-hydroxylation sites is 1. The van der Waals surface area contributed by atoms with E-state index in [9.17, 15) is 4.79 Å². The molecule has 0 fully saturated rings. The van der Waals surface area contributed by atoms with Crippen LogP contribution in [0, 0.1) is 0 Å². The smallest absolute Gasteiger partial charge is 0.275 e. The number of methoxy groups -OCH3 is 1. The van der Waals surface area contributed by atoms with E-state index in [2.05, 4.69) is 33.1 Å². The van der Waals surface area contributed by atoms with Crippen LogP contribution in [0.2, 0.25) is 0 Å². The highest BCUT2D eigenvalue weighted by Crippen LogP contribution is 2.30. The summed E-state index contributed by atoms with van der Waals surface area (Å²) in [7, 11) is 5.66. The highest BCUT2D eigenvalue weighted by atomic mass is 32.1. The number of amides is 1. The first-order valence-corrected chi connectivity index (χ1v) is 10.6. The minimum Gasteiger partial charge on any atom is -0.383 e. The monoisotopic (exact) mass is 420 g/mol. The Morgan fingerprint density at radius 1 is 1.17 bits per heavy atom. The molecule has 0 aliphatic rings. The zero-order chi connectivity index (χ0) is 21.1. The van der Waals surface area contributed by atoms with E-state index >= 15 is 0 Å². The summed E-state index contributed by atoms with van der Waals surface area (Å²) in [6.45, 7) is 1.33. The zero-order valence-corrected chi connectivity index (χ0v) is 18.1. The number of anilines is 2. The zero-order valence-electron chi connectivity index (χ0n) is 17.3. The molecule has 2 aromatic heterocycles. The standard InChI is InChI=1S/C23H24N4O2S/c1-26(2)18-10-8-17(9-11-18)24-22(28)19-15-30-23(25-19)21-14-16-6-4-5-7-20(16)27(21)12-13-29-3/h4-11,14-15H,12-13H2,1-3H3,(H,24,28). The molecule has 2 heterocycles. The lowest BCUT2D eigenvalue weighted by Gasteiger charge is -2.12. The van der Waals surface area contributed by atoms with Gasteiger partial charge in [0, 0.05) is 55.4 Å². The number of hydrogen-bond acceptors (Lipinski definition) is 5. The van der Waals surface area contributed by atoms with Gasteiger partial charge in [0.2, 0.25) is 0 Å². The lowest BCUT2D eigenvalue weighted by atomic mass is 10.2. The Hall–Kier alpha value is -3.16. The molecule has 0 spiro atoms. The van der Waals surface area contributed by atoms with Crippen LogP contribution in [-0.4, -0.2) is 43.3 Å². The summed E-state index contributed by atoms with van der Waals surface area (Å²) < 4.78 is 7.48. The van der Waals surface area contributed by atoms with Gasteiger partial charge in [0.15, 0.2) is 0 Å². The van der Waals surface area contributed by atoms with Gasteiger partial charge in [-0.25, -0.2) is 4.98 Å². The van der Waals surface area contributed by atoms with E-state index in [0.29, 0.717) is 12.3 Å². The summed E-state index contributed by atoms with van der Waals surface area (Å²) in [5, 5.41) is 6.69. The Morgan fingerprint density at radius 3 is 2.67 bits per heavy atom. The van der Waals surface area contributed by atoms with Crippen LogP contribution in [0.1, 0.15) is 10.5 Å². The average Bonchev–Trinajstić information content (AvgIpc) is 3.37. The lowest BCUT2D eigenvalue weighted by Crippen LogP contribution is -2.13. The fourth-order valence-corrected chi connectivity index (χ4v) is 4.17. The first kappa shape index (κ1) is 20.1. The molecule has 1 amide bonds. The molecule has 0 radical (unpaired) electrons. The first-order valence-electron chi connectivity index (χ1n) is 9.68. The molecular weight excluding hydrogens is 396 g/mol. The number of carbonyl (C=O) groups is 1. The lowest BCUT2D eigenvalue weighted by molar-refractivity contribution is 0.102. The van der Waals surface area contributed by atoms with E-state index in [-0.39, 0.29) is 5.91 Å². The predicted octanol–water partition coefficient (Wildman–Crippen LogP) is 4.73. The van der Waals surface area contributed by atoms with Crippen LogP contribution >= 0.6 is 11.3 Å². The number of hydrogen-bond donors (Lipinski definition) is 1. The number of nitrogens with one attached hydrogen (secondary N) is 1. The maximum Gasteiger partial charge on any atom is 0.275 e. The molecule has 0 saturated carbocycles. The Kier molecular flexibility index (Phi) is 5.83. The van der Waals surface area contributed by atoms with Gasteiger partial charge in [-0.05, 0) is 36.4 Å². The number of fused-ring (bicyclic) bond motifs is 1. The minimum absolute atomic E-state index is 0.213. The molecule has 0 atom stereocenters.